The van der Waals surface area contributed by atoms with Crippen LogP contribution >= 0.6 is 15.9 Å². The van der Waals surface area contributed by atoms with Crippen LogP contribution in [0.2, 0.25) is 0 Å². The first kappa shape index (κ1) is 8.27. The Hall–Kier alpha value is -0.830. The first-order valence-electron chi connectivity index (χ1n) is 3.16. The van der Waals surface area contributed by atoms with Gasteiger partial charge in [-0.3, -0.25) is 4.79 Å². The number of aldehydes is 1. The molecular formula is C8H8BrNO. The van der Waals surface area contributed by atoms with E-state index in [0.717, 1.165) is 16.3 Å². The van der Waals surface area contributed by atoms with E-state index in [1.165, 1.54) is 0 Å². The SMILES string of the molecule is Cc1cc(Br)cc(N)c1C=O. The summed E-state index contributed by atoms with van der Waals surface area (Å²) < 4.78 is 0.901. The quantitative estimate of drug-likeness (QED) is 0.574. The summed E-state index contributed by atoms with van der Waals surface area (Å²) in [5.74, 6) is 0. The number of hydrogen-bond acceptors (Lipinski definition) is 2. The van der Waals surface area contributed by atoms with Crippen LogP contribution in [0, 0.1) is 6.92 Å². The maximum absolute atomic E-state index is 10.5. The molecule has 0 aliphatic heterocycles. The van der Waals surface area contributed by atoms with Gasteiger partial charge in [0.25, 0.3) is 0 Å². The van der Waals surface area contributed by atoms with Crippen LogP contribution in [-0.4, -0.2) is 6.29 Å². The summed E-state index contributed by atoms with van der Waals surface area (Å²) in [7, 11) is 0. The number of carbonyl (C=O) groups is 1. The van der Waals surface area contributed by atoms with Crippen LogP contribution in [0.5, 0.6) is 0 Å². The number of aryl methyl sites for hydroxylation is 1. The van der Waals surface area contributed by atoms with Crippen molar-refractivity contribution in [2.75, 3.05) is 5.73 Å². The Labute approximate surface area is 73.5 Å². The van der Waals surface area contributed by atoms with E-state index >= 15 is 0 Å². The Morgan fingerprint density at radius 1 is 1.55 bits per heavy atom. The van der Waals surface area contributed by atoms with Crippen LogP contribution in [-0.2, 0) is 0 Å². The molecule has 0 spiro atoms. The lowest BCUT2D eigenvalue weighted by Gasteiger charge is -2.02. The number of nitrogen functional groups attached to an aromatic ring is 1. The number of halogens is 1. The summed E-state index contributed by atoms with van der Waals surface area (Å²) in [5, 5.41) is 0. The molecule has 0 saturated heterocycles. The zero-order valence-corrected chi connectivity index (χ0v) is 7.68. The van der Waals surface area contributed by atoms with Crippen LogP contribution in [0.1, 0.15) is 15.9 Å². The molecule has 0 aliphatic rings. The lowest BCUT2D eigenvalue weighted by Crippen LogP contribution is -1.95. The molecule has 0 bridgehead atoms. The Balaban J connectivity index is 3.36. The van der Waals surface area contributed by atoms with Crippen molar-refractivity contribution in [3.63, 3.8) is 0 Å². The van der Waals surface area contributed by atoms with Gasteiger partial charge in [-0.25, -0.2) is 0 Å². The normalized spacial score (nSPS) is 9.64. The highest BCUT2D eigenvalue weighted by atomic mass is 79.9. The molecule has 0 amide bonds. The lowest BCUT2D eigenvalue weighted by atomic mass is 10.1. The van der Waals surface area contributed by atoms with Gasteiger partial charge in [0.1, 0.15) is 0 Å². The lowest BCUT2D eigenvalue weighted by molar-refractivity contribution is 0.112. The first-order chi connectivity index (χ1) is 5.15. The smallest absolute Gasteiger partial charge is 0.152 e. The summed E-state index contributed by atoms with van der Waals surface area (Å²) in [6, 6.07) is 3.58. The van der Waals surface area contributed by atoms with Crippen LogP contribution < -0.4 is 5.73 Å². The van der Waals surface area contributed by atoms with E-state index in [-0.39, 0.29) is 0 Å². The van der Waals surface area contributed by atoms with Gasteiger partial charge in [0.2, 0.25) is 0 Å². The molecule has 0 aliphatic carbocycles. The molecule has 0 heterocycles. The second-order valence-corrected chi connectivity index (χ2v) is 3.26. The molecule has 0 saturated carbocycles. The van der Waals surface area contributed by atoms with Crippen molar-refractivity contribution in [2.24, 2.45) is 0 Å². The minimum Gasteiger partial charge on any atom is -0.398 e. The van der Waals surface area contributed by atoms with Gasteiger partial charge in [0.05, 0.1) is 0 Å². The molecule has 1 aromatic carbocycles. The van der Waals surface area contributed by atoms with Gasteiger partial charge in [-0.15, -0.1) is 0 Å². The number of rotatable bonds is 1. The van der Waals surface area contributed by atoms with Gasteiger partial charge in [-0.1, -0.05) is 15.9 Å². The first-order valence-corrected chi connectivity index (χ1v) is 3.95. The fourth-order valence-electron chi connectivity index (χ4n) is 0.941. The Morgan fingerprint density at radius 2 is 2.18 bits per heavy atom. The molecule has 1 rings (SSSR count). The number of anilines is 1. The molecule has 3 heteroatoms. The summed E-state index contributed by atoms with van der Waals surface area (Å²) in [6.45, 7) is 1.85. The molecule has 0 radical (unpaired) electrons. The van der Waals surface area contributed by atoms with Crippen molar-refractivity contribution >= 4 is 27.9 Å². The van der Waals surface area contributed by atoms with Crippen molar-refractivity contribution in [1.29, 1.82) is 0 Å². The number of nitrogens with two attached hydrogens (primary N) is 1. The third-order valence-electron chi connectivity index (χ3n) is 1.50. The molecule has 1 aromatic rings. The van der Waals surface area contributed by atoms with Gasteiger partial charge >= 0.3 is 0 Å². The van der Waals surface area contributed by atoms with Crippen molar-refractivity contribution in [2.45, 2.75) is 6.92 Å². The molecule has 0 atom stereocenters. The van der Waals surface area contributed by atoms with Crippen LogP contribution in [0.15, 0.2) is 16.6 Å². The van der Waals surface area contributed by atoms with Crippen molar-refractivity contribution < 1.29 is 4.79 Å². The van der Waals surface area contributed by atoms with Gasteiger partial charge in [0, 0.05) is 15.7 Å². The number of benzene rings is 1. The maximum atomic E-state index is 10.5. The average molecular weight is 214 g/mol. The molecule has 0 fully saturated rings. The molecule has 2 nitrogen and oxygen atoms in total. The molecule has 0 unspecified atom stereocenters. The maximum Gasteiger partial charge on any atom is 0.152 e. The van der Waals surface area contributed by atoms with Crippen molar-refractivity contribution in [3.05, 3.63) is 27.7 Å². The highest BCUT2D eigenvalue weighted by Gasteiger charge is 2.02. The van der Waals surface area contributed by atoms with Crippen molar-refractivity contribution in [1.82, 2.24) is 0 Å². The minimum atomic E-state index is 0.520. The monoisotopic (exact) mass is 213 g/mol. The van der Waals surface area contributed by atoms with E-state index in [1.54, 1.807) is 6.07 Å². The van der Waals surface area contributed by atoms with E-state index in [1.807, 2.05) is 13.0 Å². The van der Waals surface area contributed by atoms with Crippen LogP contribution in [0.4, 0.5) is 5.69 Å². The summed E-state index contributed by atoms with van der Waals surface area (Å²) in [4.78, 5) is 10.5. The summed E-state index contributed by atoms with van der Waals surface area (Å²) in [6.07, 6.45) is 0.775. The number of carbonyl (C=O) groups excluding carboxylic acids is 1. The van der Waals surface area contributed by atoms with E-state index in [9.17, 15) is 4.79 Å². The van der Waals surface area contributed by atoms with Crippen LogP contribution in [0.25, 0.3) is 0 Å². The second-order valence-electron chi connectivity index (χ2n) is 2.34. The predicted octanol–water partition coefficient (Wildman–Crippen LogP) is 2.15. The topological polar surface area (TPSA) is 43.1 Å². The zero-order valence-electron chi connectivity index (χ0n) is 6.10. The minimum absolute atomic E-state index is 0.520. The standard InChI is InChI=1S/C8H8BrNO/c1-5-2-6(9)3-8(10)7(5)4-11/h2-4H,10H2,1H3. The molecule has 11 heavy (non-hydrogen) atoms. The van der Waals surface area contributed by atoms with E-state index in [2.05, 4.69) is 15.9 Å². The third kappa shape index (κ3) is 1.60. The largest absolute Gasteiger partial charge is 0.398 e. The van der Waals surface area contributed by atoms with E-state index in [4.69, 9.17) is 5.73 Å². The third-order valence-corrected chi connectivity index (χ3v) is 1.96. The molecule has 2 N–H and O–H groups in total. The van der Waals surface area contributed by atoms with Crippen LogP contribution in [0.3, 0.4) is 0 Å². The van der Waals surface area contributed by atoms with E-state index < -0.39 is 0 Å². The van der Waals surface area contributed by atoms with Crippen molar-refractivity contribution in [3.8, 4) is 0 Å². The van der Waals surface area contributed by atoms with Gasteiger partial charge < -0.3 is 5.73 Å². The molecule has 0 aromatic heterocycles. The Kier molecular flexibility index (Phi) is 2.29. The predicted molar refractivity (Wildman–Crippen MR) is 48.7 cm³/mol. The van der Waals surface area contributed by atoms with Gasteiger partial charge in [-0.2, -0.15) is 0 Å². The fraction of sp³-hybridized carbons (Fsp3) is 0.125. The fourth-order valence-corrected chi connectivity index (χ4v) is 1.53. The zero-order chi connectivity index (χ0) is 8.43. The Bertz CT molecular complexity index is 273. The highest BCUT2D eigenvalue weighted by Crippen LogP contribution is 2.20. The molecule has 58 valence electrons. The Morgan fingerprint density at radius 3 is 2.64 bits per heavy atom. The van der Waals surface area contributed by atoms with Gasteiger partial charge in [-0.05, 0) is 24.6 Å². The average Bonchev–Trinajstić information content (AvgIpc) is 1.85. The highest BCUT2D eigenvalue weighted by molar-refractivity contribution is 9.10. The summed E-state index contributed by atoms with van der Waals surface area (Å²) >= 11 is 3.28. The van der Waals surface area contributed by atoms with Gasteiger partial charge in [0.15, 0.2) is 6.29 Å². The second kappa shape index (κ2) is 3.05. The van der Waals surface area contributed by atoms with E-state index in [0.29, 0.717) is 11.3 Å². The summed E-state index contributed by atoms with van der Waals surface area (Å²) in [5.41, 5.74) is 7.56. The number of hydrogen-bond donors (Lipinski definition) is 1. The molecular weight excluding hydrogens is 206 g/mol.